The van der Waals surface area contributed by atoms with E-state index in [0.29, 0.717) is 13.0 Å². The molecular formula is C27H34N4O2. The Kier molecular flexibility index (Phi) is 7.43. The second-order valence-electron chi connectivity index (χ2n) is 9.20. The number of nitrogens with zero attached hydrogens (tertiary/aromatic N) is 2. The molecule has 174 valence electrons. The van der Waals surface area contributed by atoms with Gasteiger partial charge in [0.05, 0.1) is 11.0 Å². The Bertz CT molecular complexity index is 1130. The van der Waals surface area contributed by atoms with Crippen molar-refractivity contribution >= 4 is 28.5 Å². The predicted molar refractivity (Wildman–Crippen MR) is 132 cm³/mol. The van der Waals surface area contributed by atoms with Crippen LogP contribution >= 0.6 is 0 Å². The first-order valence-electron chi connectivity index (χ1n) is 12.1. The number of hydrogen-bond acceptors (Lipinski definition) is 3. The summed E-state index contributed by atoms with van der Waals surface area (Å²) in [5, 5.41) is 6.16. The van der Waals surface area contributed by atoms with Crippen LogP contribution in [0.25, 0.3) is 11.0 Å². The average molecular weight is 447 g/mol. The first-order valence-corrected chi connectivity index (χ1v) is 12.1. The number of amides is 2. The second kappa shape index (κ2) is 10.6. The maximum absolute atomic E-state index is 12.9. The molecule has 1 aromatic heterocycles. The minimum absolute atomic E-state index is 0.0706. The van der Waals surface area contributed by atoms with E-state index in [-0.39, 0.29) is 24.3 Å². The molecule has 1 fully saturated rings. The van der Waals surface area contributed by atoms with E-state index in [2.05, 4.69) is 10.6 Å². The molecule has 1 heterocycles. The van der Waals surface area contributed by atoms with Crippen LogP contribution in [0.3, 0.4) is 0 Å². The summed E-state index contributed by atoms with van der Waals surface area (Å²) in [6.07, 6.45) is 7.08. The fourth-order valence-corrected chi connectivity index (χ4v) is 4.66. The zero-order chi connectivity index (χ0) is 23.2. The van der Waals surface area contributed by atoms with Gasteiger partial charge in [-0.15, -0.1) is 0 Å². The quantitative estimate of drug-likeness (QED) is 0.482. The minimum atomic E-state index is -0.0706. The molecule has 2 N–H and O–H groups in total. The highest BCUT2D eigenvalue weighted by Crippen LogP contribution is 2.24. The van der Waals surface area contributed by atoms with E-state index >= 15 is 0 Å². The Morgan fingerprint density at radius 3 is 2.67 bits per heavy atom. The van der Waals surface area contributed by atoms with Crippen LogP contribution in [0.15, 0.2) is 42.5 Å². The van der Waals surface area contributed by atoms with Crippen molar-refractivity contribution < 1.29 is 9.59 Å². The number of fused-ring (bicyclic) bond motifs is 1. The van der Waals surface area contributed by atoms with Crippen LogP contribution in [0.2, 0.25) is 0 Å². The molecule has 4 rings (SSSR count). The van der Waals surface area contributed by atoms with Crippen LogP contribution in [0.5, 0.6) is 0 Å². The number of aromatic nitrogens is 2. The lowest BCUT2D eigenvalue weighted by Gasteiger charge is -2.20. The second-order valence-corrected chi connectivity index (χ2v) is 9.20. The molecule has 1 aliphatic carbocycles. The van der Waals surface area contributed by atoms with Crippen LogP contribution < -0.4 is 10.6 Å². The maximum Gasteiger partial charge on any atom is 0.244 e. The zero-order valence-corrected chi connectivity index (χ0v) is 19.7. The lowest BCUT2D eigenvalue weighted by atomic mass is 9.89. The molecule has 1 saturated carbocycles. The highest BCUT2D eigenvalue weighted by atomic mass is 16.2. The third-order valence-electron chi connectivity index (χ3n) is 6.55. The number of carbonyl (C=O) groups excluding carboxylic acids is 2. The van der Waals surface area contributed by atoms with Gasteiger partial charge >= 0.3 is 0 Å². The van der Waals surface area contributed by atoms with Gasteiger partial charge in [-0.3, -0.25) is 9.59 Å². The van der Waals surface area contributed by atoms with Gasteiger partial charge in [0.1, 0.15) is 12.4 Å². The van der Waals surface area contributed by atoms with Crippen LogP contribution in [0.4, 0.5) is 5.69 Å². The number of anilines is 1. The van der Waals surface area contributed by atoms with Crippen molar-refractivity contribution in [3.05, 3.63) is 59.4 Å². The number of carbonyl (C=O) groups is 2. The van der Waals surface area contributed by atoms with Crippen molar-refractivity contribution in [2.75, 3.05) is 11.9 Å². The molecule has 3 aromatic rings. The fourth-order valence-electron chi connectivity index (χ4n) is 4.66. The maximum atomic E-state index is 12.9. The first-order chi connectivity index (χ1) is 16.0. The van der Waals surface area contributed by atoms with E-state index in [1.54, 1.807) is 0 Å². The number of para-hydroxylation sites is 2. The number of benzene rings is 2. The van der Waals surface area contributed by atoms with E-state index in [4.69, 9.17) is 4.98 Å². The van der Waals surface area contributed by atoms with Crippen molar-refractivity contribution in [2.24, 2.45) is 5.92 Å². The highest BCUT2D eigenvalue weighted by Gasteiger charge is 2.20. The van der Waals surface area contributed by atoms with Crippen molar-refractivity contribution in [2.45, 2.75) is 65.3 Å². The van der Waals surface area contributed by atoms with Gasteiger partial charge in [0.25, 0.3) is 0 Å². The van der Waals surface area contributed by atoms with Crippen LogP contribution in [-0.2, 0) is 22.6 Å². The van der Waals surface area contributed by atoms with Crippen LogP contribution in [0, 0.1) is 19.8 Å². The summed E-state index contributed by atoms with van der Waals surface area (Å²) in [7, 11) is 0. The van der Waals surface area contributed by atoms with Crippen LogP contribution in [-0.4, -0.2) is 27.9 Å². The summed E-state index contributed by atoms with van der Waals surface area (Å²) in [5.74, 6) is 1.17. The Morgan fingerprint density at radius 1 is 1.06 bits per heavy atom. The summed E-state index contributed by atoms with van der Waals surface area (Å²) < 4.78 is 2.00. The van der Waals surface area contributed by atoms with Crippen molar-refractivity contribution in [3.63, 3.8) is 0 Å². The molecule has 0 atom stereocenters. The van der Waals surface area contributed by atoms with Crippen LogP contribution in [0.1, 0.15) is 55.5 Å². The number of rotatable bonds is 8. The molecule has 0 bridgehead atoms. The summed E-state index contributed by atoms with van der Waals surface area (Å²) in [4.78, 5) is 30.1. The summed E-state index contributed by atoms with van der Waals surface area (Å²) in [6.45, 7) is 4.85. The third kappa shape index (κ3) is 5.81. The predicted octanol–water partition coefficient (Wildman–Crippen LogP) is 4.92. The van der Waals surface area contributed by atoms with E-state index < -0.39 is 0 Å². The summed E-state index contributed by atoms with van der Waals surface area (Å²) >= 11 is 0. The fraction of sp³-hybridized carbons (Fsp3) is 0.444. The smallest absolute Gasteiger partial charge is 0.244 e. The molecule has 2 amide bonds. The molecule has 6 nitrogen and oxygen atoms in total. The number of nitrogens with one attached hydrogen (secondary N) is 2. The lowest BCUT2D eigenvalue weighted by molar-refractivity contribution is -0.125. The lowest BCUT2D eigenvalue weighted by Crippen LogP contribution is -2.32. The van der Waals surface area contributed by atoms with Gasteiger partial charge in [-0.05, 0) is 62.4 Å². The van der Waals surface area contributed by atoms with Crippen molar-refractivity contribution in [1.29, 1.82) is 0 Å². The summed E-state index contributed by atoms with van der Waals surface area (Å²) in [5.41, 5.74) is 4.84. The number of imidazole rings is 1. The normalized spacial score (nSPS) is 14.4. The highest BCUT2D eigenvalue weighted by molar-refractivity contribution is 5.92. The third-order valence-corrected chi connectivity index (χ3v) is 6.55. The van der Waals surface area contributed by atoms with Gasteiger partial charge in [-0.1, -0.05) is 43.5 Å². The van der Waals surface area contributed by atoms with Crippen molar-refractivity contribution in [3.8, 4) is 0 Å². The molecule has 0 unspecified atom stereocenters. The molecule has 6 heteroatoms. The summed E-state index contributed by atoms with van der Waals surface area (Å²) in [6, 6.07) is 14.0. The van der Waals surface area contributed by atoms with E-state index in [0.717, 1.165) is 65.8 Å². The zero-order valence-electron chi connectivity index (χ0n) is 19.7. The molecule has 0 spiro atoms. The number of aryl methyl sites for hydroxylation is 3. The molecule has 0 radical (unpaired) electrons. The molecule has 33 heavy (non-hydrogen) atoms. The van der Waals surface area contributed by atoms with Gasteiger partial charge in [0, 0.05) is 24.6 Å². The van der Waals surface area contributed by atoms with E-state index in [9.17, 15) is 9.59 Å². The topological polar surface area (TPSA) is 76.0 Å². The standard InChI is InChI=1S/C27H34N4O2/c1-19-14-15-20(2)23(17-19)30-26(32)18-31-24-12-7-6-11-22(24)29-25(31)13-8-16-28-27(33)21-9-4-3-5-10-21/h6-7,11-12,14-15,17,21H,3-5,8-10,13,16,18H2,1-2H3,(H,28,33)(H,30,32). The largest absolute Gasteiger partial charge is 0.356 e. The Hall–Kier alpha value is -3.15. The molecule has 1 aliphatic rings. The Morgan fingerprint density at radius 2 is 1.85 bits per heavy atom. The van der Waals surface area contributed by atoms with E-state index in [1.165, 1.54) is 6.42 Å². The minimum Gasteiger partial charge on any atom is -0.356 e. The number of hydrogen-bond donors (Lipinski definition) is 2. The Labute approximate surface area is 195 Å². The molecule has 0 aliphatic heterocycles. The van der Waals surface area contributed by atoms with Gasteiger partial charge < -0.3 is 15.2 Å². The monoisotopic (exact) mass is 446 g/mol. The van der Waals surface area contributed by atoms with Gasteiger partial charge in [0.15, 0.2) is 0 Å². The van der Waals surface area contributed by atoms with Gasteiger partial charge in [0.2, 0.25) is 11.8 Å². The van der Waals surface area contributed by atoms with Gasteiger partial charge in [-0.2, -0.15) is 0 Å². The first kappa shape index (κ1) is 23.0. The van der Waals surface area contributed by atoms with Gasteiger partial charge in [-0.25, -0.2) is 4.98 Å². The average Bonchev–Trinajstić information content (AvgIpc) is 3.16. The SMILES string of the molecule is Cc1ccc(C)c(NC(=O)Cn2c(CCCNC(=O)C3CCCCC3)nc3ccccc32)c1. The van der Waals surface area contributed by atoms with E-state index in [1.807, 2.05) is 60.9 Å². The molecule has 0 saturated heterocycles. The molecule has 2 aromatic carbocycles. The molecular weight excluding hydrogens is 412 g/mol. The van der Waals surface area contributed by atoms with Crippen molar-refractivity contribution in [1.82, 2.24) is 14.9 Å². The Balaban J connectivity index is 1.40.